The second-order valence-electron chi connectivity index (χ2n) is 7.29. The van der Waals surface area contributed by atoms with Crippen molar-refractivity contribution in [2.24, 2.45) is 5.92 Å². The van der Waals surface area contributed by atoms with E-state index < -0.39 is 11.8 Å². The summed E-state index contributed by atoms with van der Waals surface area (Å²) in [6.45, 7) is 7.81. The minimum Gasteiger partial charge on any atom is -0.324 e. The van der Waals surface area contributed by atoms with Crippen molar-refractivity contribution in [3.05, 3.63) is 74.6 Å². The van der Waals surface area contributed by atoms with Crippen molar-refractivity contribution in [1.82, 2.24) is 4.98 Å². The summed E-state index contributed by atoms with van der Waals surface area (Å²) in [4.78, 5) is 28.0. The van der Waals surface area contributed by atoms with E-state index in [2.05, 4.69) is 10.3 Å². The molecule has 3 aromatic rings. The largest absolute Gasteiger partial charge is 0.324 e. The summed E-state index contributed by atoms with van der Waals surface area (Å²) in [6.07, 6.45) is 0.0610. The van der Waals surface area contributed by atoms with E-state index in [1.54, 1.807) is 6.07 Å². The number of pyridine rings is 1. The number of amides is 1. The van der Waals surface area contributed by atoms with Crippen molar-refractivity contribution in [1.29, 1.82) is 5.26 Å². The highest BCUT2D eigenvalue weighted by molar-refractivity contribution is 5.95. The lowest BCUT2D eigenvalue weighted by atomic mass is 9.98. The maximum Gasteiger partial charge on any atom is 0.251 e. The highest BCUT2D eigenvalue weighted by Crippen LogP contribution is 2.22. The number of anilines is 1. The van der Waals surface area contributed by atoms with E-state index in [9.17, 15) is 14.9 Å². The van der Waals surface area contributed by atoms with Crippen LogP contribution in [0, 0.1) is 44.9 Å². The van der Waals surface area contributed by atoms with Crippen LogP contribution in [0.25, 0.3) is 10.9 Å². The normalized spacial score (nSPS) is 11.8. The fourth-order valence-corrected chi connectivity index (χ4v) is 3.31. The number of carbonyl (C=O) groups is 1. The van der Waals surface area contributed by atoms with E-state index in [1.165, 1.54) is 0 Å². The molecule has 2 N–H and O–H groups in total. The van der Waals surface area contributed by atoms with Gasteiger partial charge in [0.2, 0.25) is 5.91 Å². The van der Waals surface area contributed by atoms with Crippen LogP contribution < -0.4 is 10.9 Å². The maximum absolute atomic E-state index is 12.7. The monoisotopic (exact) mass is 373 g/mol. The van der Waals surface area contributed by atoms with E-state index in [0.29, 0.717) is 11.3 Å². The molecule has 1 atom stereocenters. The van der Waals surface area contributed by atoms with Gasteiger partial charge in [0, 0.05) is 23.2 Å². The molecular weight excluding hydrogens is 350 g/mol. The first-order chi connectivity index (χ1) is 13.3. The molecule has 5 nitrogen and oxygen atoms in total. The number of hydrogen-bond acceptors (Lipinski definition) is 3. The van der Waals surface area contributed by atoms with Gasteiger partial charge in [0.25, 0.3) is 5.56 Å². The zero-order chi connectivity index (χ0) is 20.4. The lowest BCUT2D eigenvalue weighted by Gasteiger charge is -2.14. The number of hydrogen-bond donors (Lipinski definition) is 2. The Morgan fingerprint density at radius 3 is 2.36 bits per heavy atom. The maximum atomic E-state index is 12.7. The molecule has 0 aliphatic heterocycles. The molecule has 0 aliphatic rings. The standard InChI is InChI=1S/C23H23N3O2/c1-13-6-5-7-14(2)21(13)26-23(28)19(12-24)11-18-10-17-8-15(3)16(4)9-20(17)25-22(18)27/h5-10,19H,11H2,1-4H3,(H,25,27)(H,26,28). The van der Waals surface area contributed by atoms with Crippen molar-refractivity contribution in [2.45, 2.75) is 34.1 Å². The smallest absolute Gasteiger partial charge is 0.251 e. The number of benzene rings is 2. The number of nitriles is 1. The minimum absolute atomic E-state index is 0.0610. The first kappa shape index (κ1) is 19.4. The highest BCUT2D eigenvalue weighted by atomic mass is 16.2. The molecule has 0 saturated heterocycles. The Bertz CT molecular complexity index is 1150. The Kier molecular flexibility index (Phi) is 5.32. The molecule has 0 saturated carbocycles. The molecule has 1 heterocycles. The van der Waals surface area contributed by atoms with E-state index in [-0.39, 0.29) is 12.0 Å². The van der Waals surface area contributed by atoms with Gasteiger partial charge in [-0.15, -0.1) is 0 Å². The van der Waals surface area contributed by atoms with Gasteiger partial charge in [0.15, 0.2) is 0 Å². The Morgan fingerprint density at radius 2 is 1.71 bits per heavy atom. The van der Waals surface area contributed by atoms with Crippen LogP contribution in [-0.4, -0.2) is 10.9 Å². The van der Waals surface area contributed by atoms with Crippen molar-refractivity contribution < 1.29 is 4.79 Å². The number of para-hydroxylation sites is 1. The molecule has 1 aromatic heterocycles. The first-order valence-electron chi connectivity index (χ1n) is 9.20. The van der Waals surface area contributed by atoms with Crippen LogP contribution in [0.4, 0.5) is 5.69 Å². The fraction of sp³-hybridized carbons (Fsp3) is 0.261. The molecule has 3 rings (SSSR count). The predicted molar refractivity (Wildman–Crippen MR) is 111 cm³/mol. The SMILES string of the molecule is Cc1cc2cc(CC(C#N)C(=O)Nc3c(C)cccc3C)c(=O)[nH]c2cc1C. The molecule has 0 fully saturated rings. The van der Waals surface area contributed by atoms with Crippen LogP contribution in [-0.2, 0) is 11.2 Å². The van der Waals surface area contributed by atoms with Gasteiger partial charge in [-0.3, -0.25) is 9.59 Å². The number of nitrogens with zero attached hydrogens (tertiary/aromatic N) is 1. The molecule has 0 radical (unpaired) electrons. The molecule has 0 aliphatic carbocycles. The molecule has 0 spiro atoms. The number of aromatic amines is 1. The number of aromatic nitrogens is 1. The average Bonchev–Trinajstić information content (AvgIpc) is 2.64. The predicted octanol–water partition coefficient (Wildman–Crippen LogP) is 4.08. The van der Waals surface area contributed by atoms with E-state index in [0.717, 1.165) is 33.2 Å². The Labute approximate surface area is 164 Å². The lowest BCUT2D eigenvalue weighted by Crippen LogP contribution is -2.26. The van der Waals surface area contributed by atoms with Gasteiger partial charge in [-0.25, -0.2) is 0 Å². The molecule has 0 bridgehead atoms. The summed E-state index contributed by atoms with van der Waals surface area (Å²) in [6, 6.07) is 13.5. The van der Waals surface area contributed by atoms with Crippen LogP contribution in [0.5, 0.6) is 0 Å². The molecule has 2 aromatic carbocycles. The second kappa shape index (κ2) is 7.69. The van der Waals surface area contributed by atoms with E-state index >= 15 is 0 Å². The summed E-state index contributed by atoms with van der Waals surface area (Å²) in [5.74, 6) is -1.36. The second-order valence-corrected chi connectivity index (χ2v) is 7.29. The Morgan fingerprint density at radius 1 is 1.07 bits per heavy atom. The van der Waals surface area contributed by atoms with Crippen LogP contribution in [0.3, 0.4) is 0 Å². The number of aryl methyl sites for hydroxylation is 4. The van der Waals surface area contributed by atoms with Gasteiger partial charge in [0.05, 0.1) is 6.07 Å². The van der Waals surface area contributed by atoms with Gasteiger partial charge in [-0.1, -0.05) is 18.2 Å². The van der Waals surface area contributed by atoms with Gasteiger partial charge < -0.3 is 10.3 Å². The van der Waals surface area contributed by atoms with Gasteiger partial charge in [-0.05, 0) is 73.5 Å². The van der Waals surface area contributed by atoms with Crippen molar-refractivity contribution >= 4 is 22.5 Å². The third-order valence-electron chi connectivity index (χ3n) is 5.16. The quantitative estimate of drug-likeness (QED) is 0.722. The molecule has 142 valence electrons. The van der Waals surface area contributed by atoms with Crippen LogP contribution in [0.15, 0.2) is 41.2 Å². The summed E-state index contributed by atoms with van der Waals surface area (Å²) in [5.41, 5.74) is 5.71. The Hall–Kier alpha value is -3.39. The van der Waals surface area contributed by atoms with Crippen LogP contribution in [0.2, 0.25) is 0 Å². The Balaban J connectivity index is 1.89. The average molecular weight is 373 g/mol. The van der Waals surface area contributed by atoms with Gasteiger partial charge >= 0.3 is 0 Å². The third-order valence-corrected chi connectivity index (χ3v) is 5.16. The summed E-state index contributed by atoms with van der Waals surface area (Å²) in [5, 5.41) is 13.3. The third kappa shape index (κ3) is 3.81. The number of carbonyl (C=O) groups excluding carboxylic acids is 1. The van der Waals surface area contributed by atoms with Crippen molar-refractivity contribution in [2.75, 3.05) is 5.32 Å². The molecular formula is C23H23N3O2. The van der Waals surface area contributed by atoms with E-state index in [4.69, 9.17) is 0 Å². The molecule has 1 amide bonds. The van der Waals surface area contributed by atoms with Crippen LogP contribution in [0.1, 0.15) is 27.8 Å². The fourth-order valence-electron chi connectivity index (χ4n) is 3.31. The summed E-state index contributed by atoms with van der Waals surface area (Å²) >= 11 is 0. The first-order valence-corrected chi connectivity index (χ1v) is 9.20. The zero-order valence-electron chi connectivity index (χ0n) is 16.5. The molecule has 1 unspecified atom stereocenters. The molecule has 5 heteroatoms. The van der Waals surface area contributed by atoms with Gasteiger partial charge in [-0.2, -0.15) is 5.26 Å². The summed E-state index contributed by atoms with van der Waals surface area (Å²) in [7, 11) is 0. The van der Waals surface area contributed by atoms with E-state index in [1.807, 2.05) is 64.1 Å². The number of H-pyrrole nitrogens is 1. The number of fused-ring (bicyclic) bond motifs is 1. The molecule has 28 heavy (non-hydrogen) atoms. The van der Waals surface area contributed by atoms with Crippen molar-refractivity contribution in [3.8, 4) is 6.07 Å². The lowest BCUT2D eigenvalue weighted by molar-refractivity contribution is -0.118. The van der Waals surface area contributed by atoms with Crippen molar-refractivity contribution in [3.63, 3.8) is 0 Å². The van der Waals surface area contributed by atoms with Gasteiger partial charge in [0.1, 0.15) is 5.92 Å². The minimum atomic E-state index is -0.955. The summed E-state index contributed by atoms with van der Waals surface area (Å²) < 4.78 is 0. The highest BCUT2D eigenvalue weighted by Gasteiger charge is 2.21. The topological polar surface area (TPSA) is 85.8 Å². The van der Waals surface area contributed by atoms with Crippen LogP contribution >= 0.6 is 0 Å². The number of nitrogens with one attached hydrogen (secondary N) is 2. The zero-order valence-corrected chi connectivity index (χ0v) is 16.5. The number of rotatable bonds is 4.